The van der Waals surface area contributed by atoms with Gasteiger partial charge in [-0.2, -0.15) is 0 Å². The van der Waals surface area contributed by atoms with Crippen LogP contribution < -0.4 is 87.5 Å². The number of amides is 10. The van der Waals surface area contributed by atoms with Crippen molar-refractivity contribution in [3.8, 4) is 57.1 Å². The lowest BCUT2D eigenvalue weighted by atomic mass is 9.54. The first kappa shape index (κ1) is 87.9. The molecule has 36 nitrogen and oxygen atoms in total. The van der Waals surface area contributed by atoms with Gasteiger partial charge in [-0.1, -0.05) is 75.2 Å². The quantitative estimate of drug-likeness (QED) is 0.0343. The average Bonchev–Trinajstić information content (AvgIpc) is 1.55. The zero-order valence-corrected chi connectivity index (χ0v) is 69.5. The van der Waals surface area contributed by atoms with Crippen LogP contribution in [-0.2, 0) is 53.6 Å². The molecular weight excluding hydrogens is 1660 g/mol. The molecule has 124 heavy (non-hydrogen) atoms. The van der Waals surface area contributed by atoms with Crippen LogP contribution in [0.5, 0.6) is 46.0 Å². The van der Waals surface area contributed by atoms with Gasteiger partial charge in [-0.3, -0.25) is 48.5 Å². The second-order valence-electron chi connectivity index (χ2n) is 33.1. The Morgan fingerprint density at radius 1 is 0.629 bits per heavy atom. The van der Waals surface area contributed by atoms with Gasteiger partial charge >= 0.3 is 6.09 Å². The third-order valence-corrected chi connectivity index (χ3v) is 24.8. The molecule has 0 spiro atoms. The fraction of sp³-hybridized carbons (Fsp3) is 0.465. The van der Waals surface area contributed by atoms with Crippen molar-refractivity contribution in [1.29, 1.82) is 0 Å². The van der Waals surface area contributed by atoms with Crippen molar-refractivity contribution in [3.63, 3.8) is 0 Å². The standard InChI is InChI=1S/C86H98Cl2N12O24/c1-6-90-16-18-118-57-15-11-42(29-58(57)119-19-17-91-7-2)76(107)94-62(102)34-54-78(109)96-66-45-30-59(120-55-13-9-40(27-51(55)87)70(103)68(82(113)93-54)99-77(108)53(89-5)20-36(3)4)74(123-84-73(106)72(105)75-61(122-84)35-92-85(115)124-75)60(31-45)121-56-14-10-41(28-52(56)88)71(104)69-83(114)98-67(81(112)95-64-43-22-37-21-38(24-43)25-44(64)23-37)48-32-46(101)33-50-63(48)47-26-39(8-12-49(47)86(50,116)117)65(79(110)100-69)97-80(66)111/h8-15,26-33,36-38,43-44,53-54,61,64-73,75,84,89-91,101,103-106,116-117H,6-7,16-25,34-35H2,1-5H3,(H,92,115)(H,93,113)(H,95,112)(H,96,109)(H,97,111)(H,98,114)(H,99,108)(H,100,110)(H,94,102,107)/t37?,38?,43?,44?,53-,54+,61-,64?,65-,66-,67+,68-,69+,70-,71-,72-,73-,75-,84+/m1/s1. The maximum atomic E-state index is 16.6. The van der Waals surface area contributed by atoms with Crippen LogP contribution in [0.2, 0.25) is 10.0 Å². The molecule has 6 fully saturated rings. The van der Waals surface area contributed by atoms with Gasteiger partial charge in [0.2, 0.25) is 65.1 Å². The zero-order valence-electron chi connectivity index (χ0n) is 68.0. The van der Waals surface area contributed by atoms with E-state index >= 15 is 28.8 Å². The molecule has 0 radical (unpaired) electrons. The number of carbonyl (C=O) groups is 10. The van der Waals surface area contributed by atoms with Gasteiger partial charge in [0.05, 0.1) is 29.1 Å². The van der Waals surface area contributed by atoms with Crippen molar-refractivity contribution in [2.45, 2.75) is 170 Å². The summed E-state index contributed by atoms with van der Waals surface area (Å²) in [6, 6.07) is 4.90. The van der Waals surface area contributed by atoms with Crippen LogP contribution in [0.3, 0.4) is 0 Å². The molecule has 2 saturated heterocycles. The molecule has 15 bridgehead atoms. The maximum Gasteiger partial charge on any atom is 0.407 e. The topological polar surface area (TPSA) is 521 Å². The second kappa shape index (κ2) is 36.7. The van der Waals surface area contributed by atoms with Gasteiger partial charge in [0, 0.05) is 35.8 Å². The number of rotatable bonds is 22. The number of hydrogen-bond donors (Lipinski definition) is 19. The summed E-state index contributed by atoms with van der Waals surface area (Å²) in [6.07, 6.45) is -10.5. The smallest absolute Gasteiger partial charge is 0.407 e. The maximum absolute atomic E-state index is 16.6. The van der Waals surface area contributed by atoms with Crippen molar-refractivity contribution in [1.82, 2.24) is 63.8 Å². The van der Waals surface area contributed by atoms with Crippen LogP contribution in [0.25, 0.3) is 11.1 Å². The lowest BCUT2D eigenvalue weighted by molar-refractivity contribution is -0.275. The minimum Gasteiger partial charge on any atom is -0.508 e. The van der Waals surface area contributed by atoms with Crippen LogP contribution >= 0.6 is 23.2 Å². The van der Waals surface area contributed by atoms with E-state index in [1.165, 1.54) is 67.7 Å². The molecule has 4 saturated carbocycles. The van der Waals surface area contributed by atoms with Gasteiger partial charge < -0.3 is 127 Å². The van der Waals surface area contributed by atoms with Crippen molar-refractivity contribution < 1.29 is 117 Å². The number of ether oxygens (including phenoxy) is 7. The van der Waals surface area contributed by atoms with E-state index in [9.17, 15) is 54.9 Å². The number of alkyl carbamates (subject to hydrolysis) is 1. The van der Waals surface area contributed by atoms with Crippen molar-refractivity contribution in [3.05, 3.63) is 152 Å². The minimum atomic E-state index is -2.98. The molecule has 7 aliphatic heterocycles. The van der Waals surface area contributed by atoms with E-state index in [0.29, 0.717) is 38.0 Å². The number of phenolic OH excluding ortho intramolecular Hbond substituents is 1. The lowest BCUT2D eigenvalue weighted by Gasteiger charge is -2.54. The van der Waals surface area contributed by atoms with Crippen LogP contribution in [0.4, 0.5) is 4.79 Å². The van der Waals surface area contributed by atoms with Crippen LogP contribution in [0, 0.1) is 29.6 Å². The Labute approximate surface area is 720 Å². The number of hydrogen-bond acceptors (Lipinski definition) is 27. The number of benzene rings is 6. The minimum absolute atomic E-state index is 0.0748. The molecule has 0 unspecified atom stereocenters. The number of aromatic hydroxyl groups is 1. The zero-order chi connectivity index (χ0) is 88.0. The summed E-state index contributed by atoms with van der Waals surface area (Å²) in [5, 5.41) is 118. The first-order valence-corrected chi connectivity index (χ1v) is 42.1. The number of phenols is 1. The largest absolute Gasteiger partial charge is 0.508 e. The van der Waals surface area contributed by atoms with Gasteiger partial charge in [0.1, 0.15) is 97.2 Å². The van der Waals surface area contributed by atoms with Crippen LogP contribution in [-0.4, -0.2) is 209 Å². The lowest BCUT2D eigenvalue weighted by Crippen LogP contribution is -2.65. The van der Waals surface area contributed by atoms with Gasteiger partial charge in [-0.15, -0.1) is 0 Å². The fourth-order valence-corrected chi connectivity index (χ4v) is 18.8. The molecular formula is C86H98Cl2N12O24. The molecule has 12 aliphatic rings. The van der Waals surface area contributed by atoms with E-state index in [2.05, 4.69) is 63.8 Å². The fourth-order valence-electron chi connectivity index (χ4n) is 18.3. The first-order chi connectivity index (χ1) is 59.3. The number of carbonyl (C=O) groups excluding carboxylic acids is 10. The summed E-state index contributed by atoms with van der Waals surface area (Å²) >= 11 is 14.4. The summed E-state index contributed by atoms with van der Waals surface area (Å²) in [6.45, 7) is 9.57. The molecule has 0 aromatic heterocycles. The predicted molar refractivity (Wildman–Crippen MR) is 439 cm³/mol. The molecule has 5 aliphatic carbocycles. The number of aliphatic hydroxyl groups excluding tert-OH is 4. The Morgan fingerprint density at radius 2 is 1.25 bits per heavy atom. The van der Waals surface area contributed by atoms with E-state index in [1.54, 1.807) is 0 Å². The van der Waals surface area contributed by atoms with E-state index < -0.39 is 185 Å². The van der Waals surface area contributed by atoms with Crippen LogP contribution in [0.1, 0.15) is 152 Å². The molecule has 18 rings (SSSR count). The third kappa shape index (κ3) is 18.2. The van der Waals surface area contributed by atoms with E-state index in [4.69, 9.17) is 56.4 Å². The Balaban J connectivity index is 0.896. The highest BCUT2D eigenvalue weighted by Gasteiger charge is 2.54. The van der Waals surface area contributed by atoms with Crippen molar-refractivity contribution in [2.24, 2.45) is 29.6 Å². The summed E-state index contributed by atoms with van der Waals surface area (Å²) in [5.74, 6) is -15.5. The van der Waals surface area contributed by atoms with Crippen LogP contribution in [0.15, 0.2) is 97.1 Å². The number of imide groups is 1. The van der Waals surface area contributed by atoms with Gasteiger partial charge in [0.15, 0.2) is 29.1 Å². The van der Waals surface area contributed by atoms with Crippen molar-refractivity contribution in [2.75, 3.05) is 53.0 Å². The highest BCUT2D eigenvalue weighted by Crippen LogP contribution is 2.56. The van der Waals surface area contributed by atoms with Crippen molar-refractivity contribution >= 4 is 82.5 Å². The number of halogens is 2. The molecule has 660 valence electrons. The highest BCUT2D eigenvalue weighted by atomic mass is 35.5. The molecule has 38 heteroatoms. The molecule has 14 atom stereocenters. The number of nitrogens with one attached hydrogen (secondary N) is 12. The summed E-state index contributed by atoms with van der Waals surface area (Å²) in [5.41, 5.74) is -2.25. The molecule has 10 amide bonds. The monoisotopic (exact) mass is 1750 g/mol. The number of aliphatic hydroxyl groups is 6. The normalized spacial score (nSPS) is 27.8. The molecule has 7 heterocycles. The van der Waals surface area contributed by atoms with Gasteiger partial charge in [-0.25, -0.2) is 4.79 Å². The Bertz CT molecular complexity index is 5170. The van der Waals surface area contributed by atoms with E-state index in [-0.39, 0.29) is 133 Å². The summed E-state index contributed by atoms with van der Waals surface area (Å²) in [4.78, 5) is 152. The molecule has 6 aromatic rings. The summed E-state index contributed by atoms with van der Waals surface area (Å²) < 4.78 is 43.6. The Hall–Kier alpha value is -11.0. The first-order valence-electron chi connectivity index (χ1n) is 41.4. The third-order valence-electron chi connectivity index (χ3n) is 24.2. The Morgan fingerprint density at radius 3 is 1.89 bits per heavy atom. The average molecular weight is 1750 g/mol. The Kier molecular flexibility index (Phi) is 26.0. The second-order valence-corrected chi connectivity index (χ2v) is 33.9. The number of fused-ring (bicyclic) bond motifs is 13. The van der Waals surface area contributed by atoms with E-state index in [1.807, 2.05) is 27.7 Å². The predicted octanol–water partition coefficient (Wildman–Crippen LogP) is 3.02. The highest BCUT2D eigenvalue weighted by molar-refractivity contribution is 6.32. The van der Waals surface area contributed by atoms with Gasteiger partial charge in [0.25, 0.3) is 5.91 Å². The SMILES string of the molecule is CCNCCOc1ccc(C(=O)NC(=O)C[C@@H]2NC(=O)[C@H](NC(=O)[C@@H](CC(C)C)NC)[C@H](O)c3ccc(c(Cl)c3)Oc3cc4cc(c3O[C@@H]3O[C@@H]5CNC(=O)O[C@H]5[C@H](O)[C@H]3O)Oc3ccc(cc3Cl)[C@@H](O)[C@@H]3NC(=O)[C@H](NC(=O)[C@@H]4NC2=O)c2ccc4c(c2)-c2c(cc(O)cc2C4(O)O)[C@@H](C(=O)NC2C4CC5CC(C4)CC2C5)NC3=O)cc1OCCNCC. The van der Waals surface area contributed by atoms with E-state index in [0.717, 1.165) is 68.5 Å². The number of likely N-dealkylation sites (N-methyl/N-ethyl adjacent to an activating group) is 3. The molecule has 6 aromatic carbocycles. The van der Waals surface area contributed by atoms with Gasteiger partial charge in [-0.05, 0) is 200 Å². The summed E-state index contributed by atoms with van der Waals surface area (Å²) in [7, 11) is 1.48. The molecule has 19 N–H and O–H groups in total.